The molecular weight excluding hydrogens is 190 g/mol. The van der Waals surface area contributed by atoms with Gasteiger partial charge in [0.05, 0.1) is 5.84 Å². The van der Waals surface area contributed by atoms with Crippen LogP contribution in [0.4, 0.5) is 0 Å². The molecule has 0 bridgehead atoms. The molecule has 1 aliphatic rings. The predicted octanol–water partition coefficient (Wildman–Crippen LogP) is 1.19. The van der Waals surface area contributed by atoms with Crippen LogP contribution in [0.2, 0.25) is 0 Å². The summed E-state index contributed by atoms with van der Waals surface area (Å²) in [6.45, 7) is 1.69. The second-order valence-electron chi connectivity index (χ2n) is 4.43. The summed E-state index contributed by atoms with van der Waals surface area (Å²) in [4.78, 5) is 15.3. The molecule has 0 aromatic carbocycles. The Morgan fingerprint density at radius 1 is 1.33 bits per heavy atom. The quantitative estimate of drug-likeness (QED) is 0.541. The van der Waals surface area contributed by atoms with Crippen molar-refractivity contribution in [2.75, 3.05) is 0 Å². The van der Waals surface area contributed by atoms with Crippen molar-refractivity contribution in [3.8, 4) is 0 Å². The number of amides is 1. The molecule has 86 valence electrons. The largest absolute Gasteiger partial charge is 0.388 e. The molecule has 1 aliphatic carbocycles. The molecule has 1 rings (SSSR count). The van der Waals surface area contributed by atoms with Crippen LogP contribution in [0, 0.1) is 5.92 Å². The van der Waals surface area contributed by atoms with Crippen LogP contribution in [-0.2, 0) is 4.79 Å². The molecule has 0 unspecified atom stereocenters. The van der Waals surface area contributed by atoms with E-state index in [1.54, 1.807) is 6.92 Å². The van der Waals surface area contributed by atoms with Crippen LogP contribution < -0.4 is 11.5 Å². The fourth-order valence-corrected chi connectivity index (χ4v) is 2.22. The van der Waals surface area contributed by atoms with Crippen LogP contribution in [0.15, 0.2) is 4.99 Å². The van der Waals surface area contributed by atoms with E-state index in [4.69, 9.17) is 11.5 Å². The van der Waals surface area contributed by atoms with E-state index in [0.29, 0.717) is 11.8 Å². The molecule has 0 aliphatic heterocycles. The lowest BCUT2D eigenvalue weighted by atomic mass is 9.85. The van der Waals surface area contributed by atoms with Gasteiger partial charge in [0.2, 0.25) is 5.91 Å². The topological polar surface area (TPSA) is 81.5 Å². The van der Waals surface area contributed by atoms with Crippen LogP contribution in [0.5, 0.6) is 0 Å². The Hall–Kier alpha value is -1.06. The summed E-state index contributed by atoms with van der Waals surface area (Å²) in [5, 5.41) is 0. The van der Waals surface area contributed by atoms with Crippen molar-refractivity contribution >= 4 is 11.7 Å². The van der Waals surface area contributed by atoms with E-state index >= 15 is 0 Å². The molecule has 1 saturated carbocycles. The fourth-order valence-electron chi connectivity index (χ4n) is 2.22. The van der Waals surface area contributed by atoms with Gasteiger partial charge in [0.1, 0.15) is 6.04 Å². The van der Waals surface area contributed by atoms with Gasteiger partial charge in [0.25, 0.3) is 0 Å². The molecule has 0 heterocycles. The summed E-state index contributed by atoms with van der Waals surface area (Å²) in [5.41, 5.74) is 10.8. The minimum atomic E-state index is -0.418. The van der Waals surface area contributed by atoms with Gasteiger partial charge in [-0.25, -0.2) is 0 Å². The van der Waals surface area contributed by atoms with Crippen molar-refractivity contribution in [1.82, 2.24) is 0 Å². The first-order chi connectivity index (χ1) is 7.09. The minimum absolute atomic E-state index is 0.356. The predicted molar refractivity (Wildman–Crippen MR) is 61.5 cm³/mol. The molecule has 4 nitrogen and oxygen atoms in total. The van der Waals surface area contributed by atoms with Crippen molar-refractivity contribution in [2.45, 2.75) is 51.5 Å². The molecule has 0 aromatic heterocycles. The van der Waals surface area contributed by atoms with E-state index in [9.17, 15) is 4.79 Å². The van der Waals surface area contributed by atoms with Gasteiger partial charge in [0.15, 0.2) is 0 Å². The fraction of sp³-hybridized carbons (Fsp3) is 0.818. The summed E-state index contributed by atoms with van der Waals surface area (Å²) in [6, 6.07) is -0.418. The van der Waals surface area contributed by atoms with Crippen LogP contribution in [0.25, 0.3) is 0 Å². The maximum absolute atomic E-state index is 11.2. The summed E-state index contributed by atoms with van der Waals surface area (Å²) >= 11 is 0. The molecule has 1 atom stereocenters. The number of aliphatic imine (C=N–C) groups is 1. The minimum Gasteiger partial charge on any atom is -0.388 e. The summed E-state index contributed by atoms with van der Waals surface area (Å²) in [5.74, 6) is 0.680. The zero-order chi connectivity index (χ0) is 11.3. The van der Waals surface area contributed by atoms with Gasteiger partial charge >= 0.3 is 0 Å². The number of primary amides is 1. The van der Waals surface area contributed by atoms with Crippen LogP contribution in [0.1, 0.15) is 45.4 Å². The van der Waals surface area contributed by atoms with Crippen molar-refractivity contribution in [1.29, 1.82) is 0 Å². The Kier molecular flexibility index (Phi) is 4.59. The van der Waals surface area contributed by atoms with Gasteiger partial charge in [-0.15, -0.1) is 0 Å². The highest BCUT2D eigenvalue weighted by molar-refractivity contribution is 5.85. The molecule has 1 fully saturated rings. The highest BCUT2D eigenvalue weighted by Gasteiger charge is 2.21. The van der Waals surface area contributed by atoms with E-state index in [2.05, 4.69) is 4.99 Å². The smallest absolute Gasteiger partial charge is 0.242 e. The zero-order valence-electron chi connectivity index (χ0n) is 9.41. The number of hydrogen-bond donors (Lipinski definition) is 2. The third-order valence-corrected chi connectivity index (χ3v) is 2.97. The average molecular weight is 211 g/mol. The highest BCUT2D eigenvalue weighted by Crippen LogP contribution is 2.27. The molecular formula is C11H21N3O. The highest BCUT2D eigenvalue weighted by atomic mass is 16.1. The number of amidine groups is 1. The second-order valence-corrected chi connectivity index (χ2v) is 4.43. The summed E-state index contributed by atoms with van der Waals surface area (Å²) < 4.78 is 0. The van der Waals surface area contributed by atoms with Crippen LogP contribution >= 0.6 is 0 Å². The number of hydrogen-bond acceptors (Lipinski definition) is 2. The normalized spacial score (nSPS) is 21.3. The van der Waals surface area contributed by atoms with E-state index in [-0.39, 0.29) is 5.91 Å². The summed E-state index contributed by atoms with van der Waals surface area (Å²) in [7, 11) is 0. The molecule has 15 heavy (non-hydrogen) atoms. The van der Waals surface area contributed by atoms with Crippen LogP contribution in [-0.4, -0.2) is 17.8 Å². The Morgan fingerprint density at radius 3 is 2.40 bits per heavy atom. The van der Waals surface area contributed by atoms with E-state index in [0.717, 1.165) is 6.42 Å². The van der Waals surface area contributed by atoms with Gasteiger partial charge in [-0.1, -0.05) is 32.1 Å². The number of carbonyl (C=O) groups is 1. The molecule has 1 amide bonds. The Morgan fingerprint density at radius 2 is 1.93 bits per heavy atom. The van der Waals surface area contributed by atoms with Gasteiger partial charge in [0, 0.05) is 0 Å². The molecule has 0 spiro atoms. The van der Waals surface area contributed by atoms with E-state index in [1.165, 1.54) is 32.1 Å². The van der Waals surface area contributed by atoms with Gasteiger partial charge < -0.3 is 11.5 Å². The van der Waals surface area contributed by atoms with Gasteiger partial charge in [-0.3, -0.25) is 9.79 Å². The number of rotatable bonds is 4. The molecule has 0 aromatic rings. The van der Waals surface area contributed by atoms with Gasteiger partial charge in [-0.2, -0.15) is 0 Å². The first kappa shape index (κ1) is 12.0. The first-order valence-corrected chi connectivity index (χ1v) is 5.68. The number of nitrogens with two attached hydrogens (primary N) is 2. The Bertz CT molecular complexity index is 240. The lowest BCUT2D eigenvalue weighted by Gasteiger charge is -2.23. The maximum Gasteiger partial charge on any atom is 0.242 e. The zero-order valence-corrected chi connectivity index (χ0v) is 9.41. The lowest BCUT2D eigenvalue weighted by molar-refractivity contribution is -0.119. The molecule has 0 saturated heterocycles. The first-order valence-electron chi connectivity index (χ1n) is 5.68. The number of carbonyl (C=O) groups excluding carboxylic acids is 1. The van der Waals surface area contributed by atoms with E-state index < -0.39 is 6.04 Å². The molecule has 4 N–H and O–H groups in total. The maximum atomic E-state index is 11.2. The monoisotopic (exact) mass is 211 g/mol. The van der Waals surface area contributed by atoms with E-state index in [1.807, 2.05) is 0 Å². The second kappa shape index (κ2) is 5.73. The Balaban J connectivity index is 2.50. The average Bonchev–Trinajstić information content (AvgIpc) is 2.17. The van der Waals surface area contributed by atoms with Gasteiger partial charge in [-0.05, 0) is 19.3 Å². The summed E-state index contributed by atoms with van der Waals surface area (Å²) in [6.07, 6.45) is 7.01. The molecule has 0 radical (unpaired) electrons. The van der Waals surface area contributed by atoms with Crippen LogP contribution in [0.3, 0.4) is 0 Å². The Labute approximate surface area is 91.1 Å². The molecule has 4 heteroatoms. The van der Waals surface area contributed by atoms with Crippen molar-refractivity contribution in [3.05, 3.63) is 0 Å². The third-order valence-electron chi connectivity index (χ3n) is 2.97. The lowest BCUT2D eigenvalue weighted by Crippen LogP contribution is -2.31. The SMILES string of the molecule is CC(N)=N[C@@H](CC1CCCCC1)C(N)=O. The van der Waals surface area contributed by atoms with Crippen molar-refractivity contribution in [2.24, 2.45) is 22.4 Å². The number of nitrogens with zero attached hydrogens (tertiary/aromatic N) is 1. The van der Waals surface area contributed by atoms with Crippen molar-refractivity contribution in [3.63, 3.8) is 0 Å². The standard InChI is InChI=1S/C11H21N3O/c1-8(12)14-10(11(13)15)7-9-5-3-2-4-6-9/h9-10H,2-7H2,1H3,(H2,12,14)(H2,13,15)/t10-/m0/s1. The third kappa shape index (κ3) is 4.32. The van der Waals surface area contributed by atoms with Crippen molar-refractivity contribution < 1.29 is 4.79 Å².